The maximum atomic E-state index is 10.4. The smallest absolute Gasteiger partial charge is 0.217 e. The Kier molecular flexibility index (Phi) is 5.53. The van der Waals surface area contributed by atoms with E-state index in [0.717, 1.165) is 24.8 Å². The standard InChI is InChI=1S/C9H17NO/c1-3-4-5-8(2)6-7-9(10)11/h2-7H2,1H3,(H2,10,11). The predicted molar refractivity (Wildman–Crippen MR) is 47.1 cm³/mol. The molecule has 0 fully saturated rings. The molecule has 1 amide bonds. The molecule has 2 nitrogen and oxygen atoms in total. The van der Waals surface area contributed by atoms with Crippen molar-refractivity contribution in [2.75, 3.05) is 0 Å². The predicted octanol–water partition coefficient (Wildman–Crippen LogP) is 2.00. The summed E-state index contributed by atoms with van der Waals surface area (Å²) in [6, 6.07) is 0. The Balaban J connectivity index is 3.30. The lowest BCUT2D eigenvalue weighted by Gasteiger charge is -2.01. The molecule has 0 atom stereocenters. The third-order valence-electron chi connectivity index (χ3n) is 1.61. The summed E-state index contributed by atoms with van der Waals surface area (Å²) in [4.78, 5) is 10.4. The van der Waals surface area contributed by atoms with Gasteiger partial charge >= 0.3 is 0 Å². The van der Waals surface area contributed by atoms with Crippen LogP contribution in [0.1, 0.15) is 39.0 Å². The van der Waals surface area contributed by atoms with Crippen molar-refractivity contribution >= 4 is 5.91 Å². The Hall–Kier alpha value is -0.790. The summed E-state index contributed by atoms with van der Waals surface area (Å²) < 4.78 is 0. The maximum Gasteiger partial charge on any atom is 0.217 e. The van der Waals surface area contributed by atoms with Gasteiger partial charge in [-0.3, -0.25) is 4.79 Å². The molecule has 0 rings (SSSR count). The van der Waals surface area contributed by atoms with Crippen molar-refractivity contribution in [2.45, 2.75) is 39.0 Å². The Bertz CT molecular complexity index is 140. The molecule has 64 valence electrons. The highest BCUT2D eigenvalue weighted by atomic mass is 16.1. The number of hydrogen-bond donors (Lipinski definition) is 1. The molecule has 0 aliphatic heterocycles. The van der Waals surface area contributed by atoms with Crippen LogP contribution < -0.4 is 5.73 Å². The summed E-state index contributed by atoms with van der Waals surface area (Å²) in [5.74, 6) is -0.234. The van der Waals surface area contributed by atoms with Gasteiger partial charge in [0.05, 0.1) is 0 Å². The van der Waals surface area contributed by atoms with E-state index < -0.39 is 0 Å². The van der Waals surface area contributed by atoms with E-state index in [1.54, 1.807) is 0 Å². The molecular weight excluding hydrogens is 138 g/mol. The van der Waals surface area contributed by atoms with Gasteiger partial charge in [0.25, 0.3) is 0 Å². The van der Waals surface area contributed by atoms with Crippen molar-refractivity contribution in [2.24, 2.45) is 5.73 Å². The van der Waals surface area contributed by atoms with Gasteiger partial charge in [-0.25, -0.2) is 0 Å². The van der Waals surface area contributed by atoms with Gasteiger partial charge in [-0.1, -0.05) is 25.5 Å². The van der Waals surface area contributed by atoms with Crippen molar-refractivity contribution in [3.05, 3.63) is 12.2 Å². The Morgan fingerprint density at radius 2 is 2.00 bits per heavy atom. The topological polar surface area (TPSA) is 43.1 Å². The van der Waals surface area contributed by atoms with E-state index in [4.69, 9.17) is 5.73 Å². The number of allylic oxidation sites excluding steroid dienone is 1. The number of carbonyl (C=O) groups excluding carboxylic acids is 1. The van der Waals surface area contributed by atoms with Crippen LogP contribution in [0.15, 0.2) is 12.2 Å². The first kappa shape index (κ1) is 10.2. The van der Waals surface area contributed by atoms with Gasteiger partial charge in [-0.15, -0.1) is 0 Å². The fourth-order valence-electron chi connectivity index (χ4n) is 0.852. The minimum Gasteiger partial charge on any atom is -0.370 e. The normalized spacial score (nSPS) is 9.55. The second kappa shape index (κ2) is 5.96. The molecule has 0 saturated heterocycles. The third kappa shape index (κ3) is 7.10. The van der Waals surface area contributed by atoms with Crippen LogP contribution in [0.3, 0.4) is 0 Å². The number of amides is 1. The van der Waals surface area contributed by atoms with Crippen LogP contribution in [0.2, 0.25) is 0 Å². The molecule has 0 aromatic rings. The highest BCUT2D eigenvalue weighted by molar-refractivity contribution is 5.73. The van der Waals surface area contributed by atoms with Crippen molar-refractivity contribution in [3.63, 3.8) is 0 Å². The number of carbonyl (C=O) groups is 1. The molecule has 0 unspecified atom stereocenters. The third-order valence-corrected chi connectivity index (χ3v) is 1.61. The SMILES string of the molecule is C=C(CCCC)CCC(N)=O. The average Bonchev–Trinajstić information content (AvgIpc) is 1.97. The highest BCUT2D eigenvalue weighted by Crippen LogP contribution is 2.10. The van der Waals surface area contributed by atoms with Crippen molar-refractivity contribution in [1.82, 2.24) is 0 Å². The molecular formula is C9H17NO. The van der Waals surface area contributed by atoms with Crippen LogP contribution in [-0.2, 0) is 4.79 Å². The molecule has 0 spiro atoms. The van der Waals surface area contributed by atoms with Crippen LogP contribution in [0, 0.1) is 0 Å². The molecule has 11 heavy (non-hydrogen) atoms. The summed E-state index contributed by atoms with van der Waals surface area (Å²) in [6.07, 6.45) is 4.58. The quantitative estimate of drug-likeness (QED) is 0.586. The fourth-order valence-corrected chi connectivity index (χ4v) is 0.852. The van der Waals surface area contributed by atoms with E-state index in [0.29, 0.717) is 6.42 Å². The monoisotopic (exact) mass is 155 g/mol. The summed E-state index contributed by atoms with van der Waals surface area (Å²) in [5.41, 5.74) is 6.13. The van der Waals surface area contributed by atoms with Crippen LogP contribution in [0.4, 0.5) is 0 Å². The lowest BCUT2D eigenvalue weighted by Crippen LogP contribution is -2.09. The number of rotatable bonds is 6. The molecule has 2 heteroatoms. The zero-order valence-corrected chi connectivity index (χ0v) is 7.23. The van der Waals surface area contributed by atoms with Gasteiger partial charge < -0.3 is 5.73 Å². The van der Waals surface area contributed by atoms with Crippen LogP contribution in [0.25, 0.3) is 0 Å². The maximum absolute atomic E-state index is 10.4. The van der Waals surface area contributed by atoms with E-state index in [2.05, 4.69) is 13.5 Å². The summed E-state index contributed by atoms with van der Waals surface area (Å²) >= 11 is 0. The van der Waals surface area contributed by atoms with Crippen LogP contribution >= 0.6 is 0 Å². The first-order valence-corrected chi connectivity index (χ1v) is 4.11. The minimum absolute atomic E-state index is 0.234. The van der Waals surface area contributed by atoms with Crippen molar-refractivity contribution in [1.29, 1.82) is 0 Å². The zero-order chi connectivity index (χ0) is 8.69. The lowest BCUT2D eigenvalue weighted by atomic mass is 10.1. The number of hydrogen-bond acceptors (Lipinski definition) is 1. The number of nitrogens with two attached hydrogens (primary N) is 1. The lowest BCUT2D eigenvalue weighted by molar-refractivity contribution is -0.117. The summed E-state index contributed by atoms with van der Waals surface area (Å²) in [7, 11) is 0. The second-order valence-electron chi connectivity index (χ2n) is 2.82. The van der Waals surface area contributed by atoms with Gasteiger partial charge in [-0.2, -0.15) is 0 Å². The molecule has 0 saturated carbocycles. The minimum atomic E-state index is -0.234. The molecule has 0 aliphatic rings. The number of primary amides is 1. The van der Waals surface area contributed by atoms with Crippen molar-refractivity contribution < 1.29 is 4.79 Å². The molecule has 0 heterocycles. The summed E-state index contributed by atoms with van der Waals surface area (Å²) in [5, 5.41) is 0. The van der Waals surface area contributed by atoms with Crippen LogP contribution in [0.5, 0.6) is 0 Å². The average molecular weight is 155 g/mol. The van der Waals surface area contributed by atoms with E-state index in [9.17, 15) is 4.79 Å². The van der Waals surface area contributed by atoms with E-state index >= 15 is 0 Å². The molecule has 0 aromatic carbocycles. The van der Waals surface area contributed by atoms with E-state index in [-0.39, 0.29) is 5.91 Å². The van der Waals surface area contributed by atoms with Gasteiger partial charge in [0.1, 0.15) is 0 Å². The number of unbranched alkanes of at least 4 members (excludes halogenated alkanes) is 1. The largest absolute Gasteiger partial charge is 0.370 e. The Morgan fingerprint density at radius 3 is 2.45 bits per heavy atom. The van der Waals surface area contributed by atoms with E-state index in [1.807, 2.05) is 0 Å². The van der Waals surface area contributed by atoms with Crippen molar-refractivity contribution in [3.8, 4) is 0 Å². The second-order valence-corrected chi connectivity index (χ2v) is 2.82. The molecule has 0 bridgehead atoms. The van der Waals surface area contributed by atoms with E-state index in [1.165, 1.54) is 6.42 Å². The Morgan fingerprint density at radius 1 is 1.36 bits per heavy atom. The van der Waals surface area contributed by atoms with Gasteiger partial charge in [0.2, 0.25) is 5.91 Å². The fraction of sp³-hybridized carbons (Fsp3) is 0.667. The van der Waals surface area contributed by atoms with Gasteiger partial charge in [0, 0.05) is 6.42 Å². The molecule has 0 aromatic heterocycles. The highest BCUT2D eigenvalue weighted by Gasteiger charge is 1.97. The first-order valence-electron chi connectivity index (χ1n) is 4.11. The zero-order valence-electron chi connectivity index (χ0n) is 7.23. The molecule has 0 aliphatic carbocycles. The van der Waals surface area contributed by atoms with Crippen LogP contribution in [-0.4, -0.2) is 5.91 Å². The first-order chi connectivity index (χ1) is 5.16. The summed E-state index contributed by atoms with van der Waals surface area (Å²) in [6.45, 7) is 6.00. The molecule has 0 radical (unpaired) electrons. The molecule has 2 N–H and O–H groups in total. The van der Waals surface area contributed by atoms with Gasteiger partial charge in [0.15, 0.2) is 0 Å². The Labute approximate surface area is 68.5 Å². The van der Waals surface area contributed by atoms with Gasteiger partial charge in [-0.05, 0) is 19.3 Å².